The Balaban J connectivity index is 1.67. The highest BCUT2D eigenvalue weighted by Gasteiger charge is 2.24. The third-order valence-corrected chi connectivity index (χ3v) is 6.35. The number of amides is 2. The highest BCUT2D eigenvalue weighted by molar-refractivity contribution is 6.31. The Labute approximate surface area is 239 Å². The molecule has 0 fully saturated rings. The lowest BCUT2D eigenvalue weighted by atomic mass is 10.1. The Kier molecular flexibility index (Phi) is 11.7. The number of hydrogen-bond acceptors (Lipinski definition) is 9. The predicted molar refractivity (Wildman–Crippen MR) is 146 cm³/mol. The molecule has 0 aliphatic rings. The van der Waals surface area contributed by atoms with Crippen molar-refractivity contribution in [2.75, 3.05) is 25.1 Å². The number of halogens is 3. The second-order valence-electron chi connectivity index (χ2n) is 8.97. The number of carbonyl (C=O) groups excluding carboxylic acids is 3. The van der Waals surface area contributed by atoms with Gasteiger partial charge >= 0.3 is 12.1 Å². The Morgan fingerprint density at radius 2 is 1.93 bits per heavy atom. The molecule has 41 heavy (non-hydrogen) atoms. The molecular weight excluding hydrogens is 564 g/mol. The number of rotatable bonds is 13. The lowest BCUT2D eigenvalue weighted by Crippen LogP contribution is -2.50. The van der Waals surface area contributed by atoms with Gasteiger partial charge in [0.05, 0.1) is 24.3 Å². The zero-order valence-corrected chi connectivity index (χ0v) is 22.9. The van der Waals surface area contributed by atoms with Crippen LogP contribution in [0.15, 0.2) is 48.7 Å². The molecule has 3 rings (SSSR count). The number of hydrogen-bond donors (Lipinski definition) is 4. The number of pyridine rings is 1. The summed E-state index contributed by atoms with van der Waals surface area (Å²) in [5, 5.41) is 13.7. The highest BCUT2D eigenvalue weighted by Crippen LogP contribution is 2.20. The van der Waals surface area contributed by atoms with Crippen LogP contribution in [0.1, 0.15) is 25.3 Å². The van der Waals surface area contributed by atoms with E-state index in [9.17, 15) is 23.2 Å². The smallest absolute Gasteiger partial charge is 0.412 e. The van der Waals surface area contributed by atoms with Gasteiger partial charge in [-0.3, -0.25) is 19.9 Å². The zero-order chi connectivity index (χ0) is 29.9. The molecule has 5 N–H and O–H groups in total. The van der Waals surface area contributed by atoms with E-state index in [1.165, 1.54) is 48.5 Å². The van der Waals surface area contributed by atoms with Gasteiger partial charge in [0.1, 0.15) is 30.1 Å². The van der Waals surface area contributed by atoms with E-state index in [-0.39, 0.29) is 43.4 Å². The minimum absolute atomic E-state index is 0.0171. The summed E-state index contributed by atoms with van der Waals surface area (Å²) < 4.78 is 37.8. The fourth-order valence-corrected chi connectivity index (χ4v) is 4.00. The second-order valence-corrected chi connectivity index (χ2v) is 9.35. The van der Waals surface area contributed by atoms with Crippen LogP contribution in [-0.4, -0.2) is 65.0 Å². The molecule has 0 aliphatic carbocycles. The number of aromatic nitrogens is 1. The average Bonchev–Trinajstić information content (AvgIpc) is 2.94. The fraction of sp³-hybridized carbons (Fsp3) is 0.333. The minimum atomic E-state index is -1.18. The maximum Gasteiger partial charge on any atom is 0.412 e. The average molecular weight is 594 g/mol. The summed E-state index contributed by atoms with van der Waals surface area (Å²) in [4.78, 5) is 41.0. The normalized spacial score (nSPS) is 12.4. The molecule has 2 amide bonds. The van der Waals surface area contributed by atoms with Crippen LogP contribution in [0.4, 0.5) is 19.4 Å². The number of benzene rings is 2. The van der Waals surface area contributed by atoms with Crippen LogP contribution in [-0.2, 0) is 25.6 Å². The minimum Gasteiger partial charge on any atom is -0.464 e. The number of aliphatic hydroxyl groups is 1. The first kappa shape index (κ1) is 31.6. The van der Waals surface area contributed by atoms with Gasteiger partial charge in [0.25, 0.3) is 0 Å². The topological polar surface area (TPSA) is 156 Å². The molecule has 1 aromatic heterocycles. The van der Waals surface area contributed by atoms with Crippen molar-refractivity contribution in [3.05, 3.63) is 70.9 Å². The number of hydrazine groups is 1. The van der Waals surface area contributed by atoms with Crippen molar-refractivity contribution in [3.8, 4) is 0 Å². The van der Waals surface area contributed by atoms with E-state index in [0.29, 0.717) is 16.3 Å². The lowest BCUT2D eigenvalue weighted by Gasteiger charge is -2.31. The standard InChI is InChI=1S/C27H30ClF2N5O6/c1-16(37)35(33-13-18-4-2-6-22(30)25(18)28)21(5-3-9-40-26(38)23(31)14-36)15-41-27(39)34-24-11-19-10-20(29)8-7-17(19)12-32-24/h2,4,6-8,10-12,21,23,33,36H,3,5,9,13-15,31H2,1H3,(H,32,34,39)/t21-,23+/m0/s1. The number of fused-ring (bicyclic) bond motifs is 1. The number of nitrogens with two attached hydrogens (primary N) is 1. The van der Waals surface area contributed by atoms with Crippen LogP contribution in [0, 0.1) is 11.6 Å². The number of aliphatic hydroxyl groups excluding tert-OH is 1. The van der Waals surface area contributed by atoms with Crippen molar-refractivity contribution < 1.29 is 37.7 Å². The van der Waals surface area contributed by atoms with Crippen molar-refractivity contribution in [2.45, 2.75) is 38.4 Å². The fourth-order valence-electron chi connectivity index (χ4n) is 3.81. The quantitative estimate of drug-likeness (QED) is 0.133. The summed E-state index contributed by atoms with van der Waals surface area (Å²) in [5.74, 6) is -2.17. The molecule has 11 nitrogen and oxygen atoms in total. The van der Waals surface area contributed by atoms with Crippen LogP contribution in [0.3, 0.4) is 0 Å². The zero-order valence-electron chi connectivity index (χ0n) is 22.1. The number of anilines is 1. The molecule has 220 valence electrons. The molecular formula is C27H30ClF2N5O6. The van der Waals surface area contributed by atoms with Crippen molar-refractivity contribution >= 4 is 46.2 Å². The largest absolute Gasteiger partial charge is 0.464 e. The summed E-state index contributed by atoms with van der Waals surface area (Å²) in [6.07, 6.45) is 1.03. The van der Waals surface area contributed by atoms with Crippen molar-refractivity contribution in [1.82, 2.24) is 15.4 Å². The van der Waals surface area contributed by atoms with Gasteiger partial charge in [-0.05, 0) is 54.1 Å². The van der Waals surface area contributed by atoms with Crippen molar-refractivity contribution in [1.29, 1.82) is 0 Å². The molecule has 3 aromatic rings. The first-order valence-electron chi connectivity index (χ1n) is 12.6. The van der Waals surface area contributed by atoms with Gasteiger partial charge in [0.15, 0.2) is 0 Å². The molecule has 14 heteroatoms. The van der Waals surface area contributed by atoms with Gasteiger partial charge in [0.2, 0.25) is 5.91 Å². The lowest BCUT2D eigenvalue weighted by molar-refractivity contribution is -0.146. The summed E-state index contributed by atoms with van der Waals surface area (Å²) in [6, 6.07) is 7.96. The van der Waals surface area contributed by atoms with Crippen molar-refractivity contribution in [2.24, 2.45) is 5.73 Å². The molecule has 0 saturated carbocycles. The van der Waals surface area contributed by atoms with E-state index in [2.05, 4.69) is 15.7 Å². The molecule has 0 radical (unpaired) electrons. The van der Waals surface area contributed by atoms with Crippen LogP contribution in [0.2, 0.25) is 5.02 Å². The number of nitrogens with one attached hydrogen (secondary N) is 2. The number of ether oxygens (including phenoxy) is 2. The first-order chi connectivity index (χ1) is 19.6. The SMILES string of the molecule is CC(=O)N(NCc1cccc(F)c1Cl)[C@@H](CCCOC(=O)[C@H](N)CO)COC(=O)Nc1cc2cc(F)ccc2cn1. The molecule has 0 aliphatic heterocycles. The first-order valence-corrected chi connectivity index (χ1v) is 12.9. The van der Waals surface area contributed by atoms with Gasteiger partial charge in [-0.1, -0.05) is 23.7 Å². The van der Waals surface area contributed by atoms with Gasteiger partial charge < -0.3 is 20.3 Å². The number of esters is 1. The molecule has 0 bridgehead atoms. The van der Waals surface area contributed by atoms with E-state index in [1.807, 2.05) is 0 Å². The molecule has 2 atom stereocenters. The maximum absolute atomic E-state index is 13.9. The molecule has 0 saturated heterocycles. The Morgan fingerprint density at radius 3 is 2.66 bits per heavy atom. The summed E-state index contributed by atoms with van der Waals surface area (Å²) in [5.41, 5.74) is 8.72. The number of nitrogens with zero attached hydrogens (tertiary/aromatic N) is 2. The van der Waals surface area contributed by atoms with Gasteiger partial charge in [0, 0.05) is 25.1 Å². The van der Waals surface area contributed by atoms with Crippen LogP contribution >= 0.6 is 11.6 Å². The number of carbonyl (C=O) groups is 3. The molecule has 0 unspecified atom stereocenters. The Morgan fingerprint density at radius 1 is 1.15 bits per heavy atom. The summed E-state index contributed by atoms with van der Waals surface area (Å²) in [7, 11) is 0. The van der Waals surface area contributed by atoms with E-state index >= 15 is 0 Å². The van der Waals surface area contributed by atoms with E-state index in [4.69, 9.17) is 31.9 Å². The van der Waals surface area contributed by atoms with Gasteiger partial charge in [-0.25, -0.2) is 24.0 Å². The Bertz CT molecular complexity index is 1380. The maximum atomic E-state index is 13.9. The van der Waals surface area contributed by atoms with Gasteiger partial charge in [-0.2, -0.15) is 0 Å². The third kappa shape index (κ3) is 9.32. The van der Waals surface area contributed by atoms with Crippen LogP contribution in [0.25, 0.3) is 10.8 Å². The Hall–Kier alpha value is -3.91. The predicted octanol–water partition coefficient (Wildman–Crippen LogP) is 3.28. The van der Waals surface area contributed by atoms with Crippen LogP contribution < -0.4 is 16.5 Å². The monoisotopic (exact) mass is 593 g/mol. The van der Waals surface area contributed by atoms with E-state index in [1.54, 1.807) is 12.1 Å². The van der Waals surface area contributed by atoms with Crippen molar-refractivity contribution in [3.63, 3.8) is 0 Å². The van der Waals surface area contributed by atoms with Gasteiger partial charge in [-0.15, -0.1) is 0 Å². The van der Waals surface area contributed by atoms with E-state index in [0.717, 1.165) is 0 Å². The van der Waals surface area contributed by atoms with Crippen LogP contribution in [0.5, 0.6) is 0 Å². The third-order valence-electron chi connectivity index (χ3n) is 5.92. The second kappa shape index (κ2) is 15.2. The van der Waals surface area contributed by atoms with E-state index < -0.39 is 48.3 Å². The molecule has 1 heterocycles. The molecule has 2 aromatic carbocycles. The summed E-state index contributed by atoms with van der Waals surface area (Å²) >= 11 is 6.03. The highest BCUT2D eigenvalue weighted by atomic mass is 35.5. The molecule has 0 spiro atoms. The summed E-state index contributed by atoms with van der Waals surface area (Å²) in [6.45, 7) is 0.328.